The average Bonchev–Trinajstić information content (AvgIpc) is 2.53. The fraction of sp³-hybridized carbons (Fsp3) is 0.750. The van der Waals surface area contributed by atoms with Crippen molar-refractivity contribution in [2.24, 2.45) is 17.3 Å². The molecule has 1 N–H and O–H groups in total. The molecule has 0 aromatic carbocycles. The second-order valence-electron chi connectivity index (χ2n) is 4.87. The van der Waals surface area contributed by atoms with Crippen LogP contribution in [-0.4, -0.2) is 11.1 Å². The largest absolute Gasteiger partial charge is 0.481 e. The lowest BCUT2D eigenvalue weighted by Crippen LogP contribution is -2.38. The van der Waals surface area contributed by atoms with E-state index in [1.165, 1.54) is 12.8 Å². The van der Waals surface area contributed by atoms with Gasteiger partial charge in [0, 0.05) is 5.41 Å². The second kappa shape index (κ2) is 3.41. The van der Waals surface area contributed by atoms with E-state index in [1.54, 1.807) is 0 Å². The van der Waals surface area contributed by atoms with Gasteiger partial charge in [-0.05, 0) is 25.2 Å². The first-order valence-electron chi connectivity index (χ1n) is 5.56. The number of carbonyl (C=O) groups is 1. The van der Waals surface area contributed by atoms with Crippen LogP contribution < -0.4 is 0 Å². The molecule has 14 heavy (non-hydrogen) atoms. The van der Waals surface area contributed by atoms with E-state index < -0.39 is 5.97 Å². The van der Waals surface area contributed by atoms with Crippen LogP contribution in [0.5, 0.6) is 0 Å². The number of hydrogen-bond acceptors (Lipinski definition) is 1. The molecule has 1 spiro atoms. The second-order valence-corrected chi connectivity index (χ2v) is 4.87. The van der Waals surface area contributed by atoms with Crippen molar-refractivity contribution in [2.75, 3.05) is 0 Å². The summed E-state index contributed by atoms with van der Waals surface area (Å²) in [6.45, 7) is 2.07. The van der Waals surface area contributed by atoms with Crippen molar-refractivity contribution < 1.29 is 9.90 Å². The van der Waals surface area contributed by atoms with Gasteiger partial charge in [0.25, 0.3) is 0 Å². The highest BCUT2D eigenvalue weighted by atomic mass is 16.4. The predicted molar refractivity (Wildman–Crippen MR) is 54.9 cm³/mol. The van der Waals surface area contributed by atoms with E-state index in [1.807, 2.05) is 0 Å². The smallest absolute Gasteiger partial charge is 0.307 e. The van der Waals surface area contributed by atoms with E-state index >= 15 is 0 Å². The SMILES string of the molecule is C[C@H]1CC=CC2(CCCC2)[C@@H]1C(=O)O. The highest BCUT2D eigenvalue weighted by Gasteiger charge is 2.47. The van der Waals surface area contributed by atoms with Crippen LogP contribution in [0.1, 0.15) is 39.0 Å². The third kappa shape index (κ3) is 1.37. The summed E-state index contributed by atoms with van der Waals surface area (Å²) in [5.41, 5.74) is 0.00347. The molecular formula is C12H18O2. The minimum absolute atomic E-state index is 0.00347. The van der Waals surface area contributed by atoms with E-state index in [-0.39, 0.29) is 11.3 Å². The van der Waals surface area contributed by atoms with Crippen LogP contribution >= 0.6 is 0 Å². The molecule has 0 amide bonds. The molecule has 2 heteroatoms. The molecule has 78 valence electrons. The molecule has 0 aliphatic heterocycles. The van der Waals surface area contributed by atoms with Crippen LogP contribution in [0.25, 0.3) is 0 Å². The van der Waals surface area contributed by atoms with Crippen LogP contribution in [0.3, 0.4) is 0 Å². The van der Waals surface area contributed by atoms with Crippen LogP contribution in [0.2, 0.25) is 0 Å². The molecule has 2 nitrogen and oxygen atoms in total. The maximum atomic E-state index is 11.3. The van der Waals surface area contributed by atoms with Crippen molar-refractivity contribution in [3.8, 4) is 0 Å². The van der Waals surface area contributed by atoms with Gasteiger partial charge in [-0.2, -0.15) is 0 Å². The topological polar surface area (TPSA) is 37.3 Å². The number of allylic oxidation sites excluding steroid dienone is 2. The van der Waals surface area contributed by atoms with Crippen molar-refractivity contribution in [2.45, 2.75) is 39.0 Å². The zero-order valence-electron chi connectivity index (χ0n) is 8.70. The molecule has 0 unspecified atom stereocenters. The first-order valence-corrected chi connectivity index (χ1v) is 5.56. The first kappa shape index (κ1) is 9.75. The number of rotatable bonds is 1. The molecule has 0 aromatic heterocycles. The van der Waals surface area contributed by atoms with E-state index in [9.17, 15) is 9.90 Å². The summed E-state index contributed by atoms with van der Waals surface area (Å²) in [4.78, 5) is 11.3. The number of carboxylic acid groups (broad SMARTS) is 1. The Hall–Kier alpha value is -0.790. The monoisotopic (exact) mass is 194 g/mol. The van der Waals surface area contributed by atoms with Gasteiger partial charge in [0.2, 0.25) is 0 Å². The van der Waals surface area contributed by atoms with Crippen molar-refractivity contribution in [1.82, 2.24) is 0 Å². The molecule has 0 bridgehead atoms. The van der Waals surface area contributed by atoms with Crippen molar-refractivity contribution in [1.29, 1.82) is 0 Å². The van der Waals surface area contributed by atoms with Crippen molar-refractivity contribution >= 4 is 5.97 Å². The lowest BCUT2D eigenvalue weighted by atomic mass is 9.64. The Balaban J connectivity index is 2.31. The van der Waals surface area contributed by atoms with E-state index in [0.29, 0.717) is 5.92 Å². The molecule has 1 saturated carbocycles. The molecule has 2 aliphatic carbocycles. The molecule has 0 saturated heterocycles. The summed E-state index contributed by atoms with van der Waals surface area (Å²) >= 11 is 0. The molecule has 0 heterocycles. The lowest BCUT2D eigenvalue weighted by molar-refractivity contribution is -0.148. The fourth-order valence-electron chi connectivity index (χ4n) is 3.32. The summed E-state index contributed by atoms with van der Waals surface area (Å²) in [7, 11) is 0. The van der Waals surface area contributed by atoms with Crippen LogP contribution in [0, 0.1) is 17.3 Å². The number of aliphatic carboxylic acids is 1. The Labute approximate surface area is 85.0 Å². The Morgan fingerprint density at radius 2 is 2.07 bits per heavy atom. The molecule has 1 fully saturated rings. The summed E-state index contributed by atoms with van der Waals surface area (Å²) < 4.78 is 0. The van der Waals surface area contributed by atoms with Crippen molar-refractivity contribution in [3.05, 3.63) is 12.2 Å². The highest BCUT2D eigenvalue weighted by Crippen LogP contribution is 2.51. The third-order valence-electron chi connectivity index (χ3n) is 3.95. The summed E-state index contributed by atoms with van der Waals surface area (Å²) in [6.07, 6.45) is 9.85. The maximum Gasteiger partial charge on any atom is 0.307 e. The number of carboxylic acids is 1. The fourth-order valence-corrected chi connectivity index (χ4v) is 3.32. The minimum atomic E-state index is -0.594. The third-order valence-corrected chi connectivity index (χ3v) is 3.95. The molecule has 0 radical (unpaired) electrons. The highest BCUT2D eigenvalue weighted by molar-refractivity contribution is 5.72. The normalized spacial score (nSPS) is 34.9. The molecular weight excluding hydrogens is 176 g/mol. The van der Waals surface area contributed by atoms with E-state index in [4.69, 9.17) is 0 Å². The van der Waals surface area contributed by atoms with Crippen molar-refractivity contribution in [3.63, 3.8) is 0 Å². The van der Waals surface area contributed by atoms with Gasteiger partial charge in [-0.15, -0.1) is 0 Å². The zero-order valence-corrected chi connectivity index (χ0v) is 8.70. The predicted octanol–water partition coefficient (Wildman–Crippen LogP) is 2.84. The van der Waals surface area contributed by atoms with Gasteiger partial charge in [-0.25, -0.2) is 0 Å². The van der Waals surface area contributed by atoms with Gasteiger partial charge < -0.3 is 5.11 Å². The summed E-state index contributed by atoms with van der Waals surface area (Å²) in [6, 6.07) is 0. The zero-order chi connectivity index (χ0) is 10.2. The molecule has 2 rings (SSSR count). The van der Waals surface area contributed by atoms with Gasteiger partial charge in [-0.1, -0.05) is 31.9 Å². The van der Waals surface area contributed by atoms with Gasteiger partial charge >= 0.3 is 5.97 Å². The average molecular weight is 194 g/mol. The van der Waals surface area contributed by atoms with Crippen LogP contribution in [-0.2, 0) is 4.79 Å². The maximum absolute atomic E-state index is 11.3. The van der Waals surface area contributed by atoms with E-state index in [2.05, 4.69) is 19.1 Å². The quantitative estimate of drug-likeness (QED) is 0.652. The van der Waals surface area contributed by atoms with Gasteiger partial charge in [-0.3, -0.25) is 4.79 Å². The Bertz CT molecular complexity index is 261. The first-order chi connectivity index (χ1) is 6.66. The Morgan fingerprint density at radius 1 is 1.43 bits per heavy atom. The van der Waals surface area contributed by atoms with Crippen LogP contribution in [0.15, 0.2) is 12.2 Å². The van der Waals surface area contributed by atoms with Gasteiger partial charge in [0.15, 0.2) is 0 Å². The Kier molecular flexibility index (Phi) is 2.38. The molecule has 2 atom stereocenters. The Morgan fingerprint density at radius 3 is 2.64 bits per heavy atom. The van der Waals surface area contributed by atoms with Gasteiger partial charge in [0.1, 0.15) is 0 Å². The summed E-state index contributed by atoms with van der Waals surface area (Å²) in [5, 5.41) is 9.30. The molecule has 2 aliphatic rings. The lowest BCUT2D eigenvalue weighted by Gasteiger charge is -2.38. The summed E-state index contributed by atoms with van der Waals surface area (Å²) in [5.74, 6) is -0.436. The number of hydrogen-bond donors (Lipinski definition) is 1. The minimum Gasteiger partial charge on any atom is -0.481 e. The van der Waals surface area contributed by atoms with Crippen LogP contribution in [0.4, 0.5) is 0 Å². The molecule has 0 aromatic rings. The van der Waals surface area contributed by atoms with E-state index in [0.717, 1.165) is 19.3 Å². The van der Waals surface area contributed by atoms with Gasteiger partial charge in [0.05, 0.1) is 5.92 Å². The standard InChI is InChI=1S/C12H18O2/c1-9-5-4-8-12(6-2-3-7-12)10(9)11(13)14/h4,8-10H,2-3,5-7H2,1H3,(H,13,14)/t9-,10-/m0/s1.